The summed E-state index contributed by atoms with van der Waals surface area (Å²) in [4.78, 5) is 0. The number of nitrogen functional groups attached to an aromatic ring is 4. The van der Waals surface area contributed by atoms with E-state index in [4.69, 9.17) is 22.9 Å². The van der Waals surface area contributed by atoms with Gasteiger partial charge in [-0.05, 0) is 198 Å². The molecule has 0 amide bonds. The molecular weight excluding hydrogens is 1020 g/mol. The molecule has 0 aliphatic rings. The maximum Gasteiger partial charge on any atom is 0.0355 e. The normalized spacial score (nSPS) is 9.49. The molecule has 0 aromatic heterocycles. The van der Waals surface area contributed by atoms with Crippen molar-refractivity contribution >= 4 is 138 Å². The summed E-state index contributed by atoms with van der Waals surface area (Å²) in [7, 11) is 0. The molecule has 0 saturated carbocycles. The molecule has 0 saturated heterocycles. The van der Waals surface area contributed by atoms with E-state index in [1.807, 2.05) is 82.3 Å². The van der Waals surface area contributed by atoms with E-state index >= 15 is 0 Å². The smallest absolute Gasteiger partial charge is 0.0355 e. The summed E-state index contributed by atoms with van der Waals surface area (Å²) in [5.41, 5.74) is 30.5. The zero-order chi connectivity index (χ0) is 29.2. The Balaban J connectivity index is 0.000000490. The standard InChI is InChI=1S/C7H7Br2N.C7H8BrN.C7H7I2N.C7H8IN.CH4/c1-4-2-5(8)6(9)3-7(4)10;1-5-2-3-6(8)4-7(5)9;1-4-2-5(8)6(9)3-7(4)10;1-5-2-3-6(8)4-7(5)9;/h2-3H,10H2,1H3;2-4H,9H2,1H3;2-3H,10H2,1H3;2-4H,9H2,1H3;1H4. The molecule has 0 fully saturated rings. The molecule has 212 valence electrons. The van der Waals surface area contributed by atoms with Gasteiger partial charge in [0, 0.05) is 46.9 Å². The molecule has 0 bridgehead atoms. The van der Waals surface area contributed by atoms with Gasteiger partial charge in [-0.1, -0.05) is 35.5 Å². The van der Waals surface area contributed by atoms with Gasteiger partial charge in [0.25, 0.3) is 0 Å². The van der Waals surface area contributed by atoms with Crippen LogP contribution in [0.15, 0.2) is 74.1 Å². The summed E-state index contributed by atoms with van der Waals surface area (Å²) in [6.07, 6.45) is 0. The minimum atomic E-state index is 0. The third-order valence-electron chi connectivity index (χ3n) is 5.10. The third kappa shape index (κ3) is 14.4. The first-order valence-electron chi connectivity index (χ1n) is 11.1. The van der Waals surface area contributed by atoms with Gasteiger partial charge >= 0.3 is 0 Å². The van der Waals surface area contributed by atoms with Crippen LogP contribution < -0.4 is 22.9 Å². The summed E-state index contributed by atoms with van der Waals surface area (Å²) < 4.78 is 6.75. The number of aryl methyl sites for hydroxylation is 4. The number of nitrogens with two attached hydrogens (primary N) is 4. The van der Waals surface area contributed by atoms with E-state index in [1.54, 1.807) is 0 Å². The van der Waals surface area contributed by atoms with Crippen LogP contribution in [0.5, 0.6) is 0 Å². The highest BCUT2D eigenvalue weighted by atomic mass is 127. The number of benzene rings is 4. The molecule has 4 rings (SSSR count). The first kappa shape index (κ1) is 38.7. The largest absolute Gasteiger partial charge is 0.398 e. The number of hydrogen-bond donors (Lipinski definition) is 4. The monoisotopic (exact) mass is 1060 g/mol. The highest BCUT2D eigenvalue weighted by Gasteiger charge is 1.99. The first-order valence-corrected chi connectivity index (χ1v) is 16.7. The average Bonchev–Trinajstić information content (AvgIpc) is 2.83. The van der Waals surface area contributed by atoms with Crippen molar-refractivity contribution in [3.8, 4) is 0 Å². The van der Waals surface area contributed by atoms with E-state index in [9.17, 15) is 0 Å². The average molecular weight is 1060 g/mol. The highest BCUT2D eigenvalue weighted by Crippen LogP contribution is 2.27. The van der Waals surface area contributed by atoms with E-state index < -0.39 is 0 Å². The Hall–Kier alpha value is -0.290. The molecule has 0 spiro atoms. The summed E-state index contributed by atoms with van der Waals surface area (Å²) in [5, 5.41) is 0. The topological polar surface area (TPSA) is 104 Å². The lowest BCUT2D eigenvalue weighted by Gasteiger charge is -2.01. The Kier molecular flexibility index (Phi) is 18.9. The third-order valence-corrected chi connectivity index (χ3v) is 10.9. The number of hydrogen-bond acceptors (Lipinski definition) is 4. The van der Waals surface area contributed by atoms with Gasteiger partial charge in [-0.15, -0.1) is 0 Å². The van der Waals surface area contributed by atoms with Crippen molar-refractivity contribution < 1.29 is 0 Å². The Bertz CT molecular complexity index is 1180. The Labute approximate surface area is 299 Å². The fourth-order valence-electron chi connectivity index (χ4n) is 2.55. The van der Waals surface area contributed by atoms with Crippen LogP contribution in [-0.4, -0.2) is 0 Å². The van der Waals surface area contributed by atoms with Crippen molar-refractivity contribution in [2.45, 2.75) is 35.1 Å². The second-order valence-corrected chi connectivity index (χ2v) is 14.4. The van der Waals surface area contributed by atoms with E-state index in [1.165, 1.54) is 10.7 Å². The quantitative estimate of drug-likeness (QED) is 0.104. The van der Waals surface area contributed by atoms with Gasteiger partial charge in [0.05, 0.1) is 0 Å². The maximum absolute atomic E-state index is 5.68. The Morgan fingerprint density at radius 1 is 0.487 bits per heavy atom. The molecule has 0 unspecified atom stereocenters. The fourth-order valence-corrected chi connectivity index (χ4v) is 5.37. The minimum Gasteiger partial charge on any atom is -0.398 e. The molecule has 0 atom stereocenters. The lowest BCUT2D eigenvalue weighted by atomic mass is 10.2. The van der Waals surface area contributed by atoms with Crippen LogP contribution in [0.3, 0.4) is 0 Å². The van der Waals surface area contributed by atoms with Crippen LogP contribution in [0.25, 0.3) is 0 Å². The van der Waals surface area contributed by atoms with E-state index in [-0.39, 0.29) is 7.43 Å². The molecule has 4 aromatic rings. The summed E-state index contributed by atoms with van der Waals surface area (Å²) >= 11 is 16.9. The second-order valence-electron chi connectivity index (χ2n) is 8.25. The van der Waals surface area contributed by atoms with Gasteiger partial charge in [-0.3, -0.25) is 0 Å². The number of rotatable bonds is 0. The van der Waals surface area contributed by atoms with E-state index in [2.05, 4.69) is 122 Å². The van der Waals surface area contributed by atoms with Crippen LogP contribution in [0.4, 0.5) is 22.7 Å². The molecule has 39 heavy (non-hydrogen) atoms. The molecule has 4 aromatic carbocycles. The van der Waals surface area contributed by atoms with Crippen molar-refractivity contribution in [3.63, 3.8) is 0 Å². The summed E-state index contributed by atoms with van der Waals surface area (Å²) in [5.74, 6) is 0. The minimum absolute atomic E-state index is 0. The maximum atomic E-state index is 5.68. The van der Waals surface area contributed by atoms with Crippen LogP contribution in [-0.2, 0) is 0 Å². The number of anilines is 4. The molecule has 8 N–H and O–H groups in total. The first-order chi connectivity index (χ1) is 17.6. The van der Waals surface area contributed by atoms with Gasteiger partial charge < -0.3 is 22.9 Å². The van der Waals surface area contributed by atoms with Gasteiger partial charge in [-0.2, -0.15) is 0 Å². The highest BCUT2D eigenvalue weighted by molar-refractivity contribution is 14.1. The molecule has 0 heterocycles. The summed E-state index contributed by atoms with van der Waals surface area (Å²) in [6, 6.07) is 19.9. The van der Waals surface area contributed by atoms with Crippen molar-refractivity contribution in [1.82, 2.24) is 0 Å². The van der Waals surface area contributed by atoms with Crippen molar-refractivity contribution in [3.05, 3.63) is 107 Å². The van der Waals surface area contributed by atoms with E-state index in [0.717, 1.165) is 58.4 Å². The lowest BCUT2D eigenvalue weighted by Crippen LogP contribution is -1.91. The van der Waals surface area contributed by atoms with Crippen molar-refractivity contribution in [2.75, 3.05) is 22.9 Å². The predicted octanol–water partition coefficient (Wildman–Crippen LogP) is 11.0. The molecule has 4 nitrogen and oxygen atoms in total. The van der Waals surface area contributed by atoms with Crippen LogP contribution in [0, 0.1) is 38.4 Å². The molecular formula is C29H34Br3I3N4. The van der Waals surface area contributed by atoms with Gasteiger partial charge in [-0.25, -0.2) is 0 Å². The Morgan fingerprint density at radius 3 is 1.33 bits per heavy atom. The van der Waals surface area contributed by atoms with Gasteiger partial charge in [0.2, 0.25) is 0 Å². The lowest BCUT2D eigenvalue weighted by molar-refractivity contribution is 1.43. The van der Waals surface area contributed by atoms with Crippen LogP contribution in [0.2, 0.25) is 0 Å². The zero-order valence-corrected chi connectivity index (χ0v) is 32.6. The van der Waals surface area contributed by atoms with Gasteiger partial charge in [0.1, 0.15) is 0 Å². The van der Waals surface area contributed by atoms with Crippen molar-refractivity contribution in [2.24, 2.45) is 0 Å². The zero-order valence-electron chi connectivity index (χ0n) is 21.4. The molecule has 0 radical (unpaired) electrons. The number of halogens is 6. The van der Waals surface area contributed by atoms with E-state index in [0.29, 0.717) is 0 Å². The molecule has 0 aliphatic heterocycles. The fraction of sp³-hybridized carbons (Fsp3) is 0.172. The second kappa shape index (κ2) is 19.0. The Morgan fingerprint density at radius 2 is 0.897 bits per heavy atom. The van der Waals surface area contributed by atoms with Crippen LogP contribution >= 0.6 is 116 Å². The molecule has 0 aliphatic carbocycles. The van der Waals surface area contributed by atoms with Gasteiger partial charge in [0.15, 0.2) is 0 Å². The summed E-state index contributed by atoms with van der Waals surface area (Å²) in [6.45, 7) is 7.99. The SMILES string of the molecule is C.Cc1cc(Br)c(Br)cc1N.Cc1cc(I)c(I)cc1N.Cc1ccc(Br)cc1N.Cc1ccc(I)cc1N. The van der Waals surface area contributed by atoms with Crippen LogP contribution in [0.1, 0.15) is 29.7 Å². The predicted molar refractivity (Wildman–Crippen MR) is 210 cm³/mol. The molecule has 10 heteroatoms. The van der Waals surface area contributed by atoms with Crippen molar-refractivity contribution in [1.29, 1.82) is 0 Å².